The van der Waals surface area contributed by atoms with Crippen molar-refractivity contribution in [2.75, 3.05) is 12.9 Å². The van der Waals surface area contributed by atoms with E-state index in [9.17, 15) is 34.8 Å². The quantitative estimate of drug-likeness (QED) is 0.285. The number of halogens is 3. The number of benzene rings is 2. The molecule has 0 radical (unpaired) electrons. The van der Waals surface area contributed by atoms with Crippen molar-refractivity contribution in [1.29, 1.82) is 0 Å². The van der Waals surface area contributed by atoms with Crippen molar-refractivity contribution in [2.45, 2.75) is 30.4 Å². The van der Waals surface area contributed by atoms with Crippen LogP contribution in [0.25, 0.3) is 0 Å². The van der Waals surface area contributed by atoms with Gasteiger partial charge in [0.25, 0.3) is 0 Å². The number of alkyl halides is 3. The van der Waals surface area contributed by atoms with E-state index in [1.54, 1.807) is 30.3 Å². The predicted octanol–water partition coefficient (Wildman–Crippen LogP) is 3.69. The zero-order chi connectivity index (χ0) is 25.1. The van der Waals surface area contributed by atoms with E-state index in [-0.39, 0.29) is 4.90 Å². The van der Waals surface area contributed by atoms with Crippen LogP contribution in [0.1, 0.15) is 13.8 Å². The molecule has 0 saturated heterocycles. The van der Waals surface area contributed by atoms with E-state index >= 15 is 0 Å². The molecule has 0 N–H and O–H groups in total. The lowest BCUT2D eigenvalue weighted by molar-refractivity contribution is -0.154. The standard InChI is InChI=1S/C20H21F3O8S2/c1-19(2,17(18(24)29-3)31-33(27,28)20(21,22)23)13-32(25,26)16-11-9-15(10-12-16)30-14-7-5-4-6-8-14/h4-12,17H,13H2,1-3H3. The van der Waals surface area contributed by atoms with Crippen LogP contribution in [-0.2, 0) is 33.7 Å². The summed E-state index contributed by atoms with van der Waals surface area (Å²) in [5.74, 6) is -1.56. The summed E-state index contributed by atoms with van der Waals surface area (Å²) >= 11 is 0. The van der Waals surface area contributed by atoms with Crippen molar-refractivity contribution in [3.63, 3.8) is 0 Å². The van der Waals surface area contributed by atoms with Gasteiger partial charge in [-0.25, -0.2) is 17.4 Å². The molecule has 0 amide bonds. The summed E-state index contributed by atoms with van der Waals surface area (Å²) in [4.78, 5) is 11.8. The maximum absolute atomic E-state index is 12.9. The molecule has 0 aliphatic rings. The number of sulfone groups is 1. The lowest BCUT2D eigenvalue weighted by Gasteiger charge is -2.31. The summed E-state index contributed by atoms with van der Waals surface area (Å²) in [6.07, 6.45) is -2.37. The molecule has 8 nitrogen and oxygen atoms in total. The molecule has 182 valence electrons. The lowest BCUT2D eigenvalue weighted by atomic mass is 9.89. The number of hydrogen-bond donors (Lipinski definition) is 0. The van der Waals surface area contributed by atoms with Crippen LogP contribution in [0.4, 0.5) is 13.2 Å². The molecule has 33 heavy (non-hydrogen) atoms. The van der Waals surface area contributed by atoms with Gasteiger partial charge in [0.2, 0.25) is 0 Å². The third kappa shape index (κ3) is 6.68. The normalized spacial score (nSPS) is 13.9. The lowest BCUT2D eigenvalue weighted by Crippen LogP contribution is -2.46. The summed E-state index contributed by atoms with van der Waals surface area (Å²) in [5, 5.41) is 0. The zero-order valence-electron chi connectivity index (χ0n) is 17.7. The van der Waals surface area contributed by atoms with Gasteiger partial charge in [0.15, 0.2) is 15.9 Å². The second-order valence-electron chi connectivity index (χ2n) is 7.53. The smallest absolute Gasteiger partial charge is 0.467 e. The highest BCUT2D eigenvalue weighted by Crippen LogP contribution is 2.34. The van der Waals surface area contributed by atoms with Crippen LogP contribution < -0.4 is 4.74 Å². The Balaban J connectivity index is 2.28. The van der Waals surface area contributed by atoms with E-state index in [2.05, 4.69) is 8.92 Å². The van der Waals surface area contributed by atoms with Gasteiger partial charge in [-0.3, -0.25) is 0 Å². The molecule has 0 bridgehead atoms. The maximum atomic E-state index is 12.9. The molecule has 1 unspecified atom stereocenters. The largest absolute Gasteiger partial charge is 0.523 e. The van der Waals surface area contributed by atoms with Gasteiger partial charge in [-0.15, -0.1) is 0 Å². The first-order chi connectivity index (χ1) is 15.1. The van der Waals surface area contributed by atoms with Crippen molar-refractivity contribution in [3.05, 3.63) is 54.6 Å². The van der Waals surface area contributed by atoms with Gasteiger partial charge in [0.05, 0.1) is 17.8 Å². The summed E-state index contributed by atoms with van der Waals surface area (Å²) in [5.41, 5.74) is -7.74. The third-order valence-electron chi connectivity index (χ3n) is 4.36. The minimum atomic E-state index is -6.20. The molecule has 0 aromatic heterocycles. The first-order valence-electron chi connectivity index (χ1n) is 9.22. The summed E-state index contributed by atoms with van der Waals surface area (Å²) in [7, 11) is -9.61. The van der Waals surface area contributed by atoms with Crippen LogP contribution >= 0.6 is 0 Å². The number of esters is 1. The Morgan fingerprint density at radius 3 is 1.91 bits per heavy atom. The van der Waals surface area contributed by atoms with Crippen LogP contribution in [-0.4, -0.2) is 47.3 Å². The number of hydrogen-bond acceptors (Lipinski definition) is 8. The number of ether oxygens (including phenoxy) is 2. The molecule has 2 rings (SSSR count). The highest BCUT2D eigenvalue weighted by Gasteiger charge is 2.53. The molecule has 0 fully saturated rings. The summed E-state index contributed by atoms with van der Waals surface area (Å²) < 4.78 is 101. The third-order valence-corrected chi connectivity index (χ3v) is 7.48. The number of rotatable bonds is 9. The van der Waals surface area contributed by atoms with Gasteiger partial charge in [-0.1, -0.05) is 32.0 Å². The van der Waals surface area contributed by atoms with Gasteiger partial charge in [-0.2, -0.15) is 21.6 Å². The Hall–Kier alpha value is -2.64. The van der Waals surface area contributed by atoms with Crippen LogP contribution in [0.2, 0.25) is 0 Å². The fraction of sp³-hybridized carbons (Fsp3) is 0.350. The SMILES string of the molecule is COC(=O)C(OS(=O)(=O)C(F)(F)F)C(C)(C)CS(=O)(=O)c1ccc(Oc2ccccc2)cc1. The molecule has 0 heterocycles. The Kier molecular flexibility index (Phi) is 7.82. The van der Waals surface area contributed by atoms with Crippen LogP contribution in [0, 0.1) is 5.41 Å². The van der Waals surface area contributed by atoms with Crippen LogP contribution in [0.3, 0.4) is 0 Å². The fourth-order valence-electron chi connectivity index (χ4n) is 2.77. The van der Waals surface area contributed by atoms with E-state index in [1.165, 1.54) is 24.3 Å². The Morgan fingerprint density at radius 1 is 0.909 bits per heavy atom. The van der Waals surface area contributed by atoms with E-state index in [4.69, 9.17) is 4.74 Å². The van der Waals surface area contributed by atoms with Crippen molar-refractivity contribution in [2.24, 2.45) is 5.41 Å². The van der Waals surface area contributed by atoms with Crippen molar-refractivity contribution in [3.8, 4) is 11.5 Å². The topological polar surface area (TPSA) is 113 Å². The molecule has 2 aromatic carbocycles. The van der Waals surface area contributed by atoms with Gasteiger partial charge in [0.1, 0.15) is 11.5 Å². The van der Waals surface area contributed by atoms with E-state index in [0.717, 1.165) is 21.0 Å². The molecule has 0 saturated carbocycles. The van der Waals surface area contributed by atoms with Gasteiger partial charge in [0, 0.05) is 5.41 Å². The van der Waals surface area contributed by atoms with Crippen molar-refractivity contribution in [1.82, 2.24) is 0 Å². The number of para-hydroxylation sites is 1. The van der Waals surface area contributed by atoms with Crippen LogP contribution in [0.5, 0.6) is 11.5 Å². The van der Waals surface area contributed by atoms with E-state index < -0.39 is 48.7 Å². The Labute approximate surface area is 189 Å². The first-order valence-corrected chi connectivity index (χ1v) is 12.3. The van der Waals surface area contributed by atoms with Gasteiger partial charge < -0.3 is 9.47 Å². The number of carbonyl (C=O) groups is 1. The van der Waals surface area contributed by atoms with Gasteiger partial charge in [-0.05, 0) is 36.4 Å². The average Bonchev–Trinajstić information content (AvgIpc) is 2.71. The number of methoxy groups -OCH3 is 1. The Morgan fingerprint density at radius 2 is 1.42 bits per heavy atom. The fourth-order valence-corrected chi connectivity index (χ4v) is 5.32. The van der Waals surface area contributed by atoms with Crippen LogP contribution in [0.15, 0.2) is 59.5 Å². The summed E-state index contributed by atoms with van der Waals surface area (Å²) in [6.45, 7) is 2.15. The highest BCUT2D eigenvalue weighted by atomic mass is 32.2. The second-order valence-corrected chi connectivity index (χ2v) is 11.1. The molecule has 2 aromatic rings. The monoisotopic (exact) mass is 510 g/mol. The molecular formula is C20H21F3O8S2. The van der Waals surface area contributed by atoms with Crippen molar-refractivity contribution >= 4 is 25.9 Å². The minimum Gasteiger partial charge on any atom is -0.467 e. The van der Waals surface area contributed by atoms with Crippen molar-refractivity contribution < 1.29 is 48.5 Å². The predicted molar refractivity (Wildman–Crippen MR) is 111 cm³/mol. The molecule has 0 aliphatic heterocycles. The molecular weight excluding hydrogens is 489 g/mol. The maximum Gasteiger partial charge on any atom is 0.523 e. The first kappa shape index (κ1) is 26.6. The van der Waals surface area contributed by atoms with E-state index in [1.807, 2.05) is 0 Å². The molecule has 13 heteroatoms. The van der Waals surface area contributed by atoms with Gasteiger partial charge >= 0.3 is 21.6 Å². The second kappa shape index (κ2) is 9.69. The number of carbonyl (C=O) groups excluding carboxylic acids is 1. The van der Waals surface area contributed by atoms with E-state index in [0.29, 0.717) is 11.5 Å². The minimum absolute atomic E-state index is 0.224. The highest BCUT2D eigenvalue weighted by molar-refractivity contribution is 7.91. The Bertz CT molecular complexity index is 1170. The average molecular weight is 511 g/mol. The molecule has 0 spiro atoms. The molecule has 0 aliphatic carbocycles. The summed E-state index contributed by atoms with van der Waals surface area (Å²) in [6, 6.07) is 13.8. The molecule has 1 atom stereocenters. The zero-order valence-corrected chi connectivity index (χ0v) is 19.3.